The van der Waals surface area contributed by atoms with Crippen LogP contribution in [0.3, 0.4) is 0 Å². The average Bonchev–Trinajstić information content (AvgIpc) is 3.70. The zero-order chi connectivity index (χ0) is 29.1. The van der Waals surface area contributed by atoms with Crippen molar-refractivity contribution in [3.8, 4) is 17.3 Å². The fourth-order valence-electron chi connectivity index (χ4n) is 7.19. The number of rotatable bonds is 7. The van der Waals surface area contributed by atoms with Crippen molar-refractivity contribution in [1.82, 2.24) is 35.4 Å². The molecule has 3 aromatic heterocycles. The lowest BCUT2D eigenvalue weighted by molar-refractivity contribution is -0.349. The monoisotopic (exact) mass is 596 g/mol. The van der Waals surface area contributed by atoms with Gasteiger partial charge in [0.05, 0.1) is 17.1 Å². The van der Waals surface area contributed by atoms with Gasteiger partial charge in [-0.1, -0.05) is 18.5 Å². The average molecular weight is 597 g/mol. The van der Waals surface area contributed by atoms with Gasteiger partial charge in [0.15, 0.2) is 5.82 Å². The molecule has 11 nitrogen and oxygen atoms in total. The molecule has 1 atom stereocenters. The number of halogens is 2. The largest absolute Gasteiger partial charge is 0.404 e. The molecular formula is C29H34ClFN8O3. The maximum atomic E-state index is 16.5. The molecule has 0 spiro atoms. The van der Waals surface area contributed by atoms with Crippen molar-refractivity contribution >= 4 is 39.2 Å². The van der Waals surface area contributed by atoms with Crippen LogP contribution in [0.25, 0.3) is 33.1 Å². The normalized spacial score (nSPS) is 21.0. The molecule has 0 bridgehead atoms. The van der Waals surface area contributed by atoms with Crippen LogP contribution in [0.5, 0.6) is 6.01 Å². The molecule has 3 fully saturated rings. The Morgan fingerprint density at radius 2 is 1.95 bits per heavy atom. The fraction of sp³-hybridized carbons (Fsp3) is 0.517. The van der Waals surface area contributed by atoms with E-state index in [9.17, 15) is 10.2 Å². The number of aliphatic hydroxyl groups is 2. The van der Waals surface area contributed by atoms with E-state index in [0.717, 1.165) is 45.3 Å². The third-order valence-corrected chi connectivity index (χ3v) is 9.34. The van der Waals surface area contributed by atoms with Crippen molar-refractivity contribution < 1.29 is 19.3 Å². The highest BCUT2D eigenvalue weighted by atomic mass is 35.5. The van der Waals surface area contributed by atoms with Crippen LogP contribution in [0.2, 0.25) is 5.02 Å². The van der Waals surface area contributed by atoms with Gasteiger partial charge in [-0.2, -0.15) is 15.1 Å². The SMILES string of the molecule is CCNC1CCCN(c2nc(OC(O)(O)C34CCCN3CCC4)nc3c(F)c(-c4cc(Cl)cc5[nH]ncc45)ncc23)C1. The molecule has 1 aromatic carbocycles. The van der Waals surface area contributed by atoms with Crippen LogP contribution in [-0.2, 0) is 0 Å². The van der Waals surface area contributed by atoms with Crippen LogP contribution in [-0.4, -0.2) is 90.5 Å². The predicted molar refractivity (Wildman–Crippen MR) is 157 cm³/mol. The maximum absolute atomic E-state index is 16.5. The van der Waals surface area contributed by atoms with E-state index in [1.807, 2.05) is 0 Å². The van der Waals surface area contributed by atoms with E-state index in [0.29, 0.717) is 58.6 Å². The lowest BCUT2D eigenvalue weighted by atomic mass is 9.91. The van der Waals surface area contributed by atoms with E-state index < -0.39 is 17.3 Å². The van der Waals surface area contributed by atoms with Crippen LogP contribution in [0, 0.1) is 5.82 Å². The number of nitrogens with one attached hydrogen (secondary N) is 2. The van der Waals surface area contributed by atoms with Crippen LogP contribution in [0.15, 0.2) is 24.5 Å². The number of nitrogens with zero attached hydrogens (tertiary/aromatic N) is 6. The second-order valence-electron chi connectivity index (χ2n) is 11.6. The molecule has 0 saturated carbocycles. The summed E-state index contributed by atoms with van der Waals surface area (Å²) in [5.41, 5.74) is 0.180. The summed E-state index contributed by atoms with van der Waals surface area (Å²) in [6.45, 7) is 5.77. The summed E-state index contributed by atoms with van der Waals surface area (Å²) in [5.74, 6) is -2.80. The highest BCUT2D eigenvalue weighted by molar-refractivity contribution is 6.31. The molecule has 13 heteroatoms. The first-order valence-corrected chi connectivity index (χ1v) is 15.0. The Bertz CT molecular complexity index is 1640. The first-order chi connectivity index (χ1) is 20.3. The number of aromatic amines is 1. The number of benzene rings is 1. The highest BCUT2D eigenvalue weighted by Crippen LogP contribution is 2.46. The molecule has 3 aliphatic rings. The summed E-state index contributed by atoms with van der Waals surface area (Å²) in [6.07, 6.45) is 7.91. The number of piperidine rings is 1. The van der Waals surface area contributed by atoms with Crippen molar-refractivity contribution in [2.24, 2.45) is 0 Å². The minimum Gasteiger partial charge on any atom is -0.404 e. The highest BCUT2D eigenvalue weighted by Gasteiger charge is 2.60. The number of anilines is 1. The molecule has 222 valence electrons. The van der Waals surface area contributed by atoms with Crippen LogP contribution in [0.4, 0.5) is 10.2 Å². The van der Waals surface area contributed by atoms with Gasteiger partial charge in [0.2, 0.25) is 0 Å². The molecule has 4 aromatic rings. The van der Waals surface area contributed by atoms with Gasteiger partial charge in [-0.25, -0.2) is 4.39 Å². The zero-order valence-electron chi connectivity index (χ0n) is 23.4. The minimum atomic E-state index is -2.55. The van der Waals surface area contributed by atoms with Crippen LogP contribution < -0.4 is 15.0 Å². The Morgan fingerprint density at radius 3 is 2.74 bits per heavy atom. The number of likely N-dealkylation sites (N-methyl/N-ethyl adjacent to an activating group) is 1. The molecule has 42 heavy (non-hydrogen) atoms. The predicted octanol–water partition coefficient (Wildman–Crippen LogP) is 3.58. The number of H-pyrrole nitrogens is 1. The quantitative estimate of drug-likeness (QED) is 0.234. The standard InChI is InChI=1S/C29H34ClFN8O3/c1-2-32-18-6-3-9-38(16-18)26-21-14-33-24(19-12-17(30)13-22-20(19)15-34-37-22)23(31)25(21)35-27(36-26)42-29(40,41)28-7-4-10-39(28)11-5-8-28/h12-15,18,32,40-41H,2-11,16H2,1H3,(H,34,37). The molecule has 7 rings (SSSR count). The first-order valence-electron chi connectivity index (χ1n) is 14.7. The van der Waals surface area contributed by atoms with E-state index in [1.165, 1.54) is 0 Å². The van der Waals surface area contributed by atoms with E-state index >= 15 is 4.39 Å². The van der Waals surface area contributed by atoms with Crippen molar-refractivity contribution in [3.05, 3.63) is 35.4 Å². The fourth-order valence-corrected chi connectivity index (χ4v) is 7.41. The van der Waals surface area contributed by atoms with Gasteiger partial charge in [-0.3, -0.25) is 15.0 Å². The lowest BCUT2D eigenvalue weighted by Gasteiger charge is -2.41. The van der Waals surface area contributed by atoms with Crippen molar-refractivity contribution in [3.63, 3.8) is 0 Å². The molecule has 0 radical (unpaired) electrons. The summed E-state index contributed by atoms with van der Waals surface area (Å²) >= 11 is 6.36. The van der Waals surface area contributed by atoms with Gasteiger partial charge in [-0.15, -0.1) is 0 Å². The molecular weight excluding hydrogens is 563 g/mol. The first kappa shape index (κ1) is 27.7. The van der Waals surface area contributed by atoms with E-state index in [4.69, 9.17) is 16.3 Å². The number of ether oxygens (including phenoxy) is 1. The second kappa shape index (κ2) is 10.5. The smallest absolute Gasteiger partial charge is 0.343 e. The summed E-state index contributed by atoms with van der Waals surface area (Å²) in [4.78, 5) is 17.8. The molecule has 0 aliphatic carbocycles. The topological polar surface area (TPSA) is 136 Å². The number of pyridine rings is 1. The lowest BCUT2D eigenvalue weighted by Crippen LogP contribution is -2.62. The van der Waals surface area contributed by atoms with E-state index in [1.54, 1.807) is 24.5 Å². The number of hydrogen-bond donors (Lipinski definition) is 4. The van der Waals surface area contributed by atoms with Gasteiger partial charge in [0.25, 0.3) is 0 Å². The van der Waals surface area contributed by atoms with Gasteiger partial charge < -0.3 is 25.2 Å². The number of hydrogen-bond acceptors (Lipinski definition) is 10. The maximum Gasteiger partial charge on any atom is 0.343 e. The molecule has 4 N–H and O–H groups in total. The van der Waals surface area contributed by atoms with Crippen molar-refractivity contribution in [2.45, 2.75) is 63.0 Å². The molecule has 0 amide bonds. The van der Waals surface area contributed by atoms with Crippen LogP contribution in [0.1, 0.15) is 45.4 Å². The Kier molecular flexibility index (Phi) is 6.93. The molecule has 3 aliphatic heterocycles. The Labute approximate surface area is 247 Å². The van der Waals surface area contributed by atoms with Gasteiger partial charge in [0.1, 0.15) is 22.6 Å². The number of fused-ring (bicyclic) bond motifs is 3. The third kappa shape index (κ3) is 4.47. The number of aromatic nitrogens is 5. The Hall–Kier alpha value is -3.16. The molecule has 3 saturated heterocycles. The van der Waals surface area contributed by atoms with E-state index in [2.05, 4.69) is 47.2 Å². The Balaban J connectivity index is 1.37. The van der Waals surface area contributed by atoms with Gasteiger partial charge in [0, 0.05) is 41.3 Å². The third-order valence-electron chi connectivity index (χ3n) is 9.12. The summed E-state index contributed by atoms with van der Waals surface area (Å²) < 4.78 is 22.4. The Morgan fingerprint density at radius 1 is 1.14 bits per heavy atom. The molecule has 1 unspecified atom stereocenters. The summed E-state index contributed by atoms with van der Waals surface area (Å²) in [5, 5.41) is 34.7. The molecule has 6 heterocycles. The summed E-state index contributed by atoms with van der Waals surface area (Å²) in [6, 6.07) is 3.29. The van der Waals surface area contributed by atoms with Crippen molar-refractivity contribution in [1.29, 1.82) is 0 Å². The second-order valence-corrected chi connectivity index (χ2v) is 12.0. The van der Waals surface area contributed by atoms with Crippen LogP contribution >= 0.6 is 11.6 Å². The zero-order valence-corrected chi connectivity index (χ0v) is 24.2. The van der Waals surface area contributed by atoms with E-state index in [-0.39, 0.29) is 23.3 Å². The van der Waals surface area contributed by atoms with Crippen molar-refractivity contribution in [2.75, 3.05) is 37.6 Å². The van der Waals surface area contributed by atoms with Gasteiger partial charge in [-0.05, 0) is 70.3 Å². The summed E-state index contributed by atoms with van der Waals surface area (Å²) in [7, 11) is 0. The van der Waals surface area contributed by atoms with Gasteiger partial charge >= 0.3 is 12.0 Å². The minimum absolute atomic E-state index is 0.0230.